The first-order valence-corrected chi connectivity index (χ1v) is 8.31. The molecule has 0 bridgehead atoms. The minimum absolute atomic E-state index is 0.431. The van der Waals surface area contributed by atoms with Crippen LogP contribution < -0.4 is 4.90 Å². The molecular weight excluding hydrogens is 284 g/mol. The predicted molar refractivity (Wildman–Crippen MR) is 95.7 cm³/mol. The number of furan rings is 1. The van der Waals surface area contributed by atoms with E-state index >= 15 is 0 Å². The maximum absolute atomic E-state index is 6.13. The molecule has 0 spiro atoms. The number of benzene rings is 1. The summed E-state index contributed by atoms with van der Waals surface area (Å²) in [6, 6.07) is 8.80. The van der Waals surface area contributed by atoms with Gasteiger partial charge in [-0.2, -0.15) is 0 Å². The fourth-order valence-electron chi connectivity index (χ4n) is 3.81. The normalized spacial score (nSPS) is 21.2. The molecule has 1 aliphatic rings. The van der Waals surface area contributed by atoms with Gasteiger partial charge in [0, 0.05) is 35.1 Å². The van der Waals surface area contributed by atoms with Gasteiger partial charge >= 0.3 is 0 Å². The first kappa shape index (κ1) is 14.3. The van der Waals surface area contributed by atoms with Crippen molar-refractivity contribution in [1.82, 2.24) is 4.98 Å². The monoisotopic (exact) mass is 306 g/mol. The number of rotatable bonds is 2. The van der Waals surface area contributed by atoms with E-state index in [1.807, 2.05) is 6.07 Å². The molecule has 4 rings (SSSR count). The summed E-state index contributed by atoms with van der Waals surface area (Å²) in [7, 11) is 0. The van der Waals surface area contributed by atoms with Crippen molar-refractivity contribution in [3.8, 4) is 0 Å². The highest BCUT2D eigenvalue weighted by Crippen LogP contribution is 2.41. The Hall–Kier alpha value is -2.29. The number of hydrogen-bond donors (Lipinski definition) is 0. The van der Waals surface area contributed by atoms with E-state index in [0.29, 0.717) is 23.6 Å². The molecule has 3 heteroatoms. The summed E-state index contributed by atoms with van der Waals surface area (Å²) in [6.45, 7) is 9.02. The van der Waals surface area contributed by atoms with Crippen molar-refractivity contribution >= 4 is 27.8 Å². The van der Waals surface area contributed by atoms with Gasteiger partial charge in [0.15, 0.2) is 5.58 Å². The second-order valence-electron chi connectivity index (χ2n) is 6.88. The van der Waals surface area contributed by atoms with E-state index in [4.69, 9.17) is 4.42 Å². The molecule has 1 aromatic carbocycles. The molecule has 0 saturated heterocycles. The summed E-state index contributed by atoms with van der Waals surface area (Å²) in [5.41, 5.74) is 4.06. The van der Waals surface area contributed by atoms with Crippen LogP contribution in [0.5, 0.6) is 0 Å². The Labute approximate surface area is 136 Å². The topological polar surface area (TPSA) is 29.3 Å². The first-order chi connectivity index (χ1) is 11.1. The van der Waals surface area contributed by atoms with Crippen LogP contribution in [0, 0.1) is 18.8 Å². The van der Waals surface area contributed by atoms with Crippen LogP contribution in [-0.4, -0.2) is 11.0 Å². The zero-order chi connectivity index (χ0) is 16.1. The molecule has 0 radical (unpaired) electrons. The molecule has 3 nitrogen and oxygen atoms in total. The molecule has 3 heterocycles. The van der Waals surface area contributed by atoms with Gasteiger partial charge in [0.05, 0.1) is 5.69 Å². The Bertz CT molecular complexity index is 907. The Morgan fingerprint density at radius 1 is 1.17 bits per heavy atom. The third-order valence-corrected chi connectivity index (χ3v) is 5.09. The maximum Gasteiger partial charge on any atom is 0.227 e. The average Bonchev–Trinajstić information content (AvgIpc) is 3.08. The summed E-state index contributed by atoms with van der Waals surface area (Å²) in [6.07, 6.45) is 6.33. The van der Waals surface area contributed by atoms with E-state index in [-0.39, 0.29) is 0 Å². The molecule has 0 aliphatic carbocycles. The van der Waals surface area contributed by atoms with E-state index in [0.717, 1.165) is 16.4 Å². The first-order valence-electron chi connectivity index (χ1n) is 8.31. The lowest BCUT2D eigenvalue weighted by Gasteiger charge is -2.29. The molecule has 2 atom stereocenters. The molecule has 1 aliphatic heterocycles. The molecule has 118 valence electrons. The van der Waals surface area contributed by atoms with Crippen LogP contribution in [-0.2, 0) is 0 Å². The van der Waals surface area contributed by atoms with Gasteiger partial charge in [-0.15, -0.1) is 0 Å². The van der Waals surface area contributed by atoms with Gasteiger partial charge in [-0.25, -0.2) is 4.98 Å². The molecule has 2 aromatic heterocycles. The number of anilines is 1. The largest absolute Gasteiger partial charge is 0.435 e. The number of aryl methyl sites for hydroxylation is 1. The van der Waals surface area contributed by atoms with Gasteiger partial charge < -0.3 is 9.32 Å². The van der Waals surface area contributed by atoms with Crippen LogP contribution in [0.15, 0.2) is 47.2 Å². The zero-order valence-corrected chi connectivity index (χ0v) is 14.1. The molecular formula is C20H22N2O. The standard InChI is InChI=1S/C20H22N2O/c1-12(2)15-9-11-22(14(15)4)18-13(3)7-8-16-17-6-5-10-21-20(17)23-19(16)18/h5-12,14-15H,1-4H3/t14-,15?/m0/s1. The van der Waals surface area contributed by atoms with Gasteiger partial charge in [0.1, 0.15) is 0 Å². The Morgan fingerprint density at radius 2 is 2.00 bits per heavy atom. The molecule has 3 aromatic rings. The van der Waals surface area contributed by atoms with Crippen LogP contribution >= 0.6 is 0 Å². The van der Waals surface area contributed by atoms with Crippen LogP contribution in [0.1, 0.15) is 26.3 Å². The fraction of sp³-hybridized carbons (Fsp3) is 0.350. The second kappa shape index (κ2) is 5.12. The Balaban J connectivity index is 1.93. The fourth-order valence-corrected chi connectivity index (χ4v) is 3.81. The summed E-state index contributed by atoms with van der Waals surface area (Å²) >= 11 is 0. The van der Waals surface area contributed by atoms with Gasteiger partial charge in [0.2, 0.25) is 5.71 Å². The molecule has 0 saturated carbocycles. The van der Waals surface area contributed by atoms with Crippen molar-refractivity contribution < 1.29 is 4.42 Å². The van der Waals surface area contributed by atoms with Crippen molar-refractivity contribution in [2.75, 3.05) is 4.90 Å². The summed E-state index contributed by atoms with van der Waals surface area (Å²) in [4.78, 5) is 6.74. The summed E-state index contributed by atoms with van der Waals surface area (Å²) < 4.78 is 6.13. The van der Waals surface area contributed by atoms with Crippen LogP contribution in [0.3, 0.4) is 0 Å². The number of hydrogen-bond acceptors (Lipinski definition) is 3. The third-order valence-electron chi connectivity index (χ3n) is 5.09. The Morgan fingerprint density at radius 3 is 2.74 bits per heavy atom. The number of aromatic nitrogens is 1. The van der Waals surface area contributed by atoms with Crippen LogP contribution in [0.4, 0.5) is 5.69 Å². The van der Waals surface area contributed by atoms with E-state index in [9.17, 15) is 0 Å². The number of nitrogens with zero attached hydrogens (tertiary/aromatic N) is 2. The van der Waals surface area contributed by atoms with Crippen molar-refractivity contribution in [1.29, 1.82) is 0 Å². The van der Waals surface area contributed by atoms with Crippen LogP contribution in [0.2, 0.25) is 0 Å². The van der Waals surface area contributed by atoms with Crippen molar-refractivity contribution in [2.45, 2.75) is 33.7 Å². The lowest BCUT2D eigenvalue weighted by molar-refractivity contribution is 0.419. The molecule has 0 fully saturated rings. The van der Waals surface area contributed by atoms with Crippen molar-refractivity contribution in [3.05, 3.63) is 48.3 Å². The summed E-state index contributed by atoms with van der Waals surface area (Å²) in [5.74, 6) is 1.19. The Kier molecular flexibility index (Phi) is 3.19. The van der Waals surface area contributed by atoms with Crippen molar-refractivity contribution in [3.63, 3.8) is 0 Å². The lowest BCUT2D eigenvalue weighted by Crippen LogP contribution is -2.31. The van der Waals surface area contributed by atoms with E-state index < -0.39 is 0 Å². The smallest absolute Gasteiger partial charge is 0.227 e. The second-order valence-corrected chi connectivity index (χ2v) is 6.88. The quantitative estimate of drug-likeness (QED) is 0.644. The van der Waals surface area contributed by atoms with Gasteiger partial charge in [-0.1, -0.05) is 32.1 Å². The van der Waals surface area contributed by atoms with Gasteiger partial charge in [-0.3, -0.25) is 0 Å². The average molecular weight is 306 g/mol. The lowest BCUT2D eigenvalue weighted by atomic mass is 9.91. The SMILES string of the molecule is Cc1ccc2c(oc3ncccc32)c1N1C=CC(C(C)C)[C@@H]1C. The zero-order valence-electron chi connectivity index (χ0n) is 14.1. The summed E-state index contributed by atoms with van der Waals surface area (Å²) in [5, 5.41) is 2.22. The van der Waals surface area contributed by atoms with Crippen molar-refractivity contribution in [2.24, 2.45) is 11.8 Å². The van der Waals surface area contributed by atoms with E-state index in [1.165, 1.54) is 11.3 Å². The maximum atomic E-state index is 6.13. The predicted octanol–water partition coefficient (Wildman–Crippen LogP) is 5.28. The van der Waals surface area contributed by atoms with E-state index in [2.05, 4.69) is 68.1 Å². The molecule has 0 amide bonds. The minimum Gasteiger partial charge on any atom is -0.435 e. The molecule has 1 unspecified atom stereocenters. The van der Waals surface area contributed by atoms with E-state index in [1.54, 1.807) is 6.20 Å². The van der Waals surface area contributed by atoms with Gasteiger partial charge in [0.25, 0.3) is 0 Å². The highest BCUT2D eigenvalue weighted by atomic mass is 16.3. The minimum atomic E-state index is 0.431. The molecule has 0 N–H and O–H groups in total. The van der Waals surface area contributed by atoms with Gasteiger partial charge in [-0.05, 0) is 37.5 Å². The number of pyridine rings is 1. The highest BCUT2D eigenvalue weighted by molar-refractivity contribution is 6.08. The van der Waals surface area contributed by atoms with Crippen LogP contribution in [0.25, 0.3) is 22.1 Å². The third kappa shape index (κ3) is 2.07. The number of fused-ring (bicyclic) bond motifs is 3. The molecule has 23 heavy (non-hydrogen) atoms. The highest BCUT2D eigenvalue weighted by Gasteiger charge is 2.31.